The van der Waals surface area contributed by atoms with Crippen LogP contribution in [0.15, 0.2) is 188 Å². The second-order valence-corrected chi connectivity index (χ2v) is 28.0. The molecule has 16 aromatic rings. The first-order valence-electron chi connectivity index (χ1n) is 35.1. The average Bonchev–Trinajstić information content (AvgIpc) is 1.59. The Bertz CT molecular complexity index is 5720. The van der Waals surface area contributed by atoms with Crippen molar-refractivity contribution in [3.63, 3.8) is 0 Å². The number of morpholine rings is 4. The highest BCUT2D eigenvalue weighted by molar-refractivity contribution is 7.89. The van der Waals surface area contributed by atoms with Crippen LogP contribution in [0, 0.1) is 5.82 Å². The third-order valence-corrected chi connectivity index (χ3v) is 19.3. The number of nitrogen functional groups attached to an aromatic ring is 1. The maximum Gasteiger partial charge on any atom is 0.229 e. The number of nitrogens with two attached hydrogens (primary N) is 1. The van der Waals surface area contributed by atoms with E-state index in [4.69, 9.17) is 77.2 Å². The fourth-order valence-corrected chi connectivity index (χ4v) is 14.2. The summed E-state index contributed by atoms with van der Waals surface area (Å²) in [5.41, 5.74) is 17.8. The first kappa shape index (κ1) is 68.6. The zero-order chi connectivity index (χ0) is 73.2. The molecule has 3 N–H and O–H groups in total. The number of furan rings is 4. The number of halogens is 1. The molecular weight excluding hydrogens is 1400 g/mol. The highest BCUT2D eigenvalue weighted by atomic mass is 32.2. The van der Waals surface area contributed by atoms with Crippen LogP contribution in [-0.4, -0.2) is 185 Å². The number of fused-ring (bicyclic) bond motifs is 12. The maximum absolute atomic E-state index is 13.7. The van der Waals surface area contributed by atoms with Crippen molar-refractivity contribution in [2.75, 3.05) is 137 Å². The number of rotatable bonds is 10. The quantitative estimate of drug-likeness (QED) is 0.120. The van der Waals surface area contributed by atoms with E-state index < -0.39 is 9.84 Å². The van der Waals surface area contributed by atoms with Gasteiger partial charge in [0.05, 0.1) is 80.2 Å². The van der Waals surface area contributed by atoms with Gasteiger partial charge in [-0.2, -0.15) is 0 Å². The van der Waals surface area contributed by atoms with E-state index in [9.17, 15) is 17.9 Å². The fraction of sp³-hybridized carbons (Fsp3) is 0.231. The number of hydrogen-bond donors (Lipinski definition) is 2. The third-order valence-electron chi connectivity index (χ3n) is 18.5. The summed E-state index contributed by atoms with van der Waals surface area (Å²) in [6.07, 6.45) is 8.00. The first-order valence-corrected chi connectivity index (χ1v) is 37.1. The molecule has 0 atom stereocenters. The van der Waals surface area contributed by atoms with Crippen LogP contribution in [0.1, 0.15) is 5.56 Å². The predicted molar refractivity (Wildman–Crippen MR) is 407 cm³/mol. The maximum atomic E-state index is 13.7. The van der Waals surface area contributed by atoms with Crippen molar-refractivity contribution in [1.29, 1.82) is 0 Å². The van der Waals surface area contributed by atoms with Crippen LogP contribution < -0.4 is 25.3 Å². The molecule has 4 fully saturated rings. The van der Waals surface area contributed by atoms with E-state index in [1.54, 1.807) is 61.2 Å². The van der Waals surface area contributed by atoms with Gasteiger partial charge in [0.15, 0.2) is 78.7 Å². The van der Waals surface area contributed by atoms with Gasteiger partial charge in [-0.3, -0.25) is 0 Å². The van der Waals surface area contributed by atoms with Crippen LogP contribution in [0.3, 0.4) is 0 Å². The molecule has 4 aliphatic rings. The van der Waals surface area contributed by atoms with Gasteiger partial charge in [0.2, 0.25) is 22.9 Å². The summed E-state index contributed by atoms with van der Waals surface area (Å²) in [5.74, 6) is 4.87. The summed E-state index contributed by atoms with van der Waals surface area (Å²) in [5, 5.41) is 13.2. The lowest BCUT2D eigenvalue weighted by Crippen LogP contribution is -2.37. The van der Waals surface area contributed by atoms with E-state index >= 15 is 0 Å². The number of pyridine rings is 4. The Balaban J connectivity index is 0.000000106. The Kier molecular flexibility index (Phi) is 18.9. The van der Waals surface area contributed by atoms with Crippen molar-refractivity contribution in [3.05, 3.63) is 182 Å². The zero-order valence-corrected chi connectivity index (χ0v) is 59.1. The Hall–Kier alpha value is -12.5. The van der Waals surface area contributed by atoms with Crippen LogP contribution in [0.2, 0.25) is 0 Å². The number of nitrogens with zero attached hydrogens (tertiary/aromatic N) is 16. The van der Waals surface area contributed by atoms with E-state index in [1.807, 2.05) is 97.1 Å². The van der Waals surface area contributed by atoms with Crippen molar-refractivity contribution in [2.45, 2.75) is 5.75 Å². The van der Waals surface area contributed by atoms with Gasteiger partial charge >= 0.3 is 0 Å². The smallest absolute Gasteiger partial charge is 0.229 e. The minimum absolute atomic E-state index is 0.0298. The van der Waals surface area contributed by atoms with Gasteiger partial charge in [-0.1, -0.05) is 54.6 Å². The molecule has 0 radical (unpaired) electrons. The number of sulfone groups is 1. The summed E-state index contributed by atoms with van der Waals surface area (Å²) < 4.78 is 83.0. The highest BCUT2D eigenvalue weighted by Gasteiger charge is 2.29. The van der Waals surface area contributed by atoms with Crippen LogP contribution in [0.4, 0.5) is 33.3 Å². The molecular formula is C78H68FN17O11S. The zero-order valence-electron chi connectivity index (χ0n) is 58.2. The largest absolute Gasteiger partial charge is 0.508 e. The molecule has 4 saturated heterocycles. The minimum Gasteiger partial charge on any atom is -0.508 e. The molecule has 28 nitrogen and oxygen atoms in total. The molecule has 0 unspecified atom stereocenters. The van der Waals surface area contributed by atoms with Crippen LogP contribution in [0.5, 0.6) is 5.75 Å². The Morgan fingerprint density at radius 3 is 1.04 bits per heavy atom. The molecule has 4 aromatic carbocycles. The minimum atomic E-state index is -3.14. The summed E-state index contributed by atoms with van der Waals surface area (Å²) in [6.45, 7) is 10.9. The highest BCUT2D eigenvalue weighted by Crippen LogP contribution is 2.40. The third kappa shape index (κ3) is 14.3. The summed E-state index contributed by atoms with van der Waals surface area (Å²) in [6, 6.07) is 43.3. The summed E-state index contributed by atoms with van der Waals surface area (Å²) in [4.78, 5) is 63.8. The molecule has 544 valence electrons. The molecule has 0 bridgehead atoms. The summed E-state index contributed by atoms with van der Waals surface area (Å²) in [7, 11) is -3.14. The number of hydrogen-bond acceptors (Lipinski definition) is 28. The SMILES string of the molecule is CS(=O)(=O)Cc1cccc(-c2nc(N3CCOCC3)c3oc4ncccc4c3n2)c1.Fc1cccc(-c2nc(N3CCOCC3)c3oc4ncccc4c3n2)c1.Nc1cccc(-c2nc(N3CCOCC3)c3oc4ncccc4c3n2)c1.Oc1cccc(-c2nc(N3CCOCC3)c3oc4ncccc4c3n2)c1. The van der Waals surface area contributed by atoms with Crippen molar-refractivity contribution >= 4 is 128 Å². The van der Waals surface area contributed by atoms with Crippen molar-refractivity contribution in [1.82, 2.24) is 59.8 Å². The molecule has 0 saturated carbocycles. The Morgan fingerprint density at radius 1 is 0.389 bits per heavy atom. The molecule has 20 rings (SSSR count). The van der Waals surface area contributed by atoms with E-state index in [0.717, 1.165) is 87.1 Å². The first-order chi connectivity index (χ1) is 52.9. The second kappa shape index (κ2) is 29.8. The van der Waals surface area contributed by atoms with Gasteiger partial charge in [-0.05, 0) is 96.6 Å². The molecule has 30 heteroatoms. The van der Waals surface area contributed by atoms with Gasteiger partial charge in [0.25, 0.3) is 0 Å². The molecule has 0 amide bonds. The van der Waals surface area contributed by atoms with Gasteiger partial charge in [-0.25, -0.2) is 72.6 Å². The van der Waals surface area contributed by atoms with Crippen LogP contribution in [0.25, 0.3) is 134 Å². The fourth-order valence-electron chi connectivity index (χ4n) is 13.4. The number of anilines is 5. The molecule has 108 heavy (non-hydrogen) atoms. The standard InChI is InChI=1S/C21H20N4O4S.C19H15FN4O2.C19H17N5O2.C19H16N4O3/c1-30(26,27)13-14-4-2-5-15(12-14)19-23-17-16-6-3-7-22-21(16)29-18(17)20(24-19)25-8-10-28-11-9-25;2*20-13-4-1-3-12(11-13)17-22-15-14-5-2-6-21-19(14)26-16(15)18(23-17)24-7-9-25-10-8-24;24-13-4-1-3-12(11-13)17-21-15-14-5-2-6-20-19(14)26-16(15)18(22-17)23-7-9-25-10-8-23/h2-7,12H,8-11,13H2,1H3;1-6,11H,7-10H2;1-6,11H,7-10,20H2;1-6,11,24H,7-10H2. The predicted octanol–water partition coefficient (Wildman–Crippen LogP) is 12.1. The lowest BCUT2D eigenvalue weighted by Gasteiger charge is -2.27. The lowest BCUT2D eigenvalue weighted by atomic mass is 10.1. The van der Waals surface area contributed by atoms with Gasteiger partial charge in [-0.15, -0.1) is 0 Å². The lowest BCUT2D eigenvalue weighted by molar-refractivity contribution is 0.122. The monoisotopic (exact) mass is 1470 g/mol. The number of benzene rings is 4. The summed E-state index contributed by atoms with van der Waals surface area (Å²) >= 11 is 0. The molecule has 0 aliphatic carbocycles. The number of ether oxygens (including phenoxy) is 4. The van der Waals surface area contributed by atoms with E-state index in [0.29, 0.717) is 187 Å². The van der Waals surface area contributed by atoms with E-state index in [2.05, 4.69) is 44.5 Å². The molecule has 12 aromatic heterocycles. The topological polar surface area (TPSA) is 338 Å². The van der Waals surface area contributed by atoms with Gasteiger partial charge in [0, 0.05) is 111 Å². The van der Waals surface area contributed by atoms with E-state index in [-0.39, 0.29) is 17.3 Å². The van der Waals surface area contributed by atoms with E-state index in [1.165, 1.54) is 18.4 Å². The second-order valence-electron chi connectivity index (χ2n) is 25.9. The number of aromatic nitrogens is 12. The molecule has 0 spiro atoms. The average molecular weight is 1470 g/mol. The van der Waals surface area contributed by atoms with Crippen LogP contribution in [-0.2, 0) is 34.5 Å². The van der Waals surface area contributed by atoms with Gasteiger partial charge < -0.3 is 67.1 Å². The van der Waals surface area contributed by atoms with Crippen molar-refractivity contribution in [3.8, 4) is 51.3 Å². The molecule has 16 heterocycles. The van der Waals surface area contributed by atoms with Gasteiger partial charge in [0.1, 0.15) is 33.6 Å². The Labute approximate surface area is 614 Å². The van der Waals surface area contributed by atoms with Crippen molar-refractivity contribution in [2.24, 2.45) is 0 Å². The number of aromatic hydroxyl groups is 1. The normalized spacial score (nSPS) is 15.1. The van der Waals surface area contributed by atoms with Crippen molar-refractivity contribution < 1.29 is 54.5 Å². The number of phenolic OH excluding ortho intramolecular Hbond substituents is 1. The molecule has 4 aliphatic heterocycles. The number of phenols is 1. The van der Waals surface area contributed by atoms with Crippen LogP contribution >= 0.6 is 0 Å². The Morgan fingerprint density at radius 2 is 0.704 bits per heavy atom.